The monoisotopic (exact) mass is 304 g/mol. The number of carboxylic acid groups (broad SMARTS) is 1. The third-order valence-corrected chi connectivity index (χ3v) is 5.61. The van der Waals surface area contributed by atoms with E-state index < -0.39 is 21.7 Å². The minimum atomic E-state index is -3.05. The second-order valence-corrected chi connectivity index (χ2v) is 7.68. The predicted molar refractivity (Wildman–Crippen MR) is 72.0 cm³/mol. The number of carbonyl (C=O) groups excluding carboxylic acids is 1. The van der Waals surface area contributed by atoms with Crippen molar-refractivity contribution in [1.82, 2.24) is 9.80 Å². The van der Waals surface area contributed by atoms with Crippen LogP contribution in [0.25, 0.3) is 0 Å². The third-order valence-electron chi connectivity index (χ3n) is 3.84. The van der Waals surface area contributed by atoms with E-state index in [1.807, 2.05) is 0 Å². The first-order chi connectivity index (χ1) is 9.37. The van der Waals surface area contributed by atoms with Crippen molar-refractivity contribution in [3.63, 3.8) is 0 Å². The van der Waals surface area contributed by atoms with Gasteiger partial charge in [0.25, 0.3) is 0 Å². The molecule has 0 aromatic rings. The summed E-state index contributed by atoms with van der Waals surface area (Å²) in [4.78, 5) is 26.5. The van der Waals surface area contributed by atoms with Crippen LogP contribution in [-0.2, 0) is 19.4 Å². The Labute approximate surface area is 118 Å². The molecule has 1 unspecified atom stereocenters. The van der Waals surface area contributed by atoms with Gasteiger partial charge in [0.1, 0.15) is 0 Å². The van der Waals surface area contributed by atoms with Gasteiger partial charge in [0, 0.05) is 26.2 Å². The fraction of sp³-hybridized carbons (Fsp3) is 0.833. The van der Waals surface area contributed by atoms with Crippen molar-refractivity contribution in [2.75, 3.05) is 44.2 Å². The number of carboxylic acids is 1. The van der Waals surface area contributed by atoms with E-state index in [-0.39, 0.29) is 24.0 Å². The highest BCUT2D eigenvalue weighted by atomic mass is 32.2. The molecule has 0 aromatic carbocycles. The molecule has 0 spiro atoms. The molecule has 1 amide bonds. The highest BCUT2D eigenvalue weighted by molar-refractivity contribution is 7.91. The molecule has 0 radical (unpaired) electrons. The Morgan fingerprint density at radius 1 is 1.15 bits per heavy atom. The first kappa shape index (κ1) is 15.2. The van der Waals surface area contributed by atoms with Crippen LogP contribution in [0.4, 0.5) is 0 Å². The van der Waals surface area contributed by atoms with E-state index >= 15 is 0 Å². The van der Waals surface area contributed by atoms with Crippen molar-refractivity contribution in [3.8, 4) is 0 Å². The summed E-state index contributed by atoms with van der Waals surface area (Å²) in [5, 5.41) is 8.77. The number of hydrogen-bond acceptors (Lipinski definition) is 5. The maximum absolute atomic E-state index is 12.3. The van der Waals surface area contributed by atoms with Crippen molar-refractivity contribution < 1.29 is 23.1 Å². The molecule has 2 aliphatic heterocycles. The van der Waals surface area contributed by atoms with Crippen molar-refractivity contribution in [2.45, 2.75) is 12.8 Å². The van der Waals surface area contributed by atoms with E-state index in [1.165, 1.54) is 0 Å². The topological polar surface area (TPSA) is 95.0 Å². The van der Waals surface area contributed by atoms with Gasteiger partial charge in [-0.2, -0.15) is 0 Å². The number of sulfone groups is 1. The van der Waals surface area contributed by atoms with E-state index in [4.69, 9.17) is 5.11 Å². The Morgan fingerprint density at radius 3 is 2.50 bits per heavy atom. The van der Waals surface area contributed by atoms with E-state index in [0.29, 0.717) is 32.6 Å². The molecule has 7 nitrogen and oxygen atoms in total. The summed E-state index contributed by atoms with van der Waals surface area (Å²) in [5.41, 5.74) is 0. The van der Waals surface area contributed by atoms with E-state index in [0.717, 1.165) is 6.42 Å². The first-order valence-electron chi connectivity index (χ1n) is 6.81. The molecule has 1 N–H and O–H groups in total. The molecular weight excluding hydrogens is 284 g/mol. The highest BCUT2D eigenvalue weighted by Crippen LogP contribution is 2.21. The molecule has 1 atom stereocenters. The molecule has 2 aliphatic rings. The largest absolute Gasteiger partial charge is 0.480 e. The smallest absolute Gasteiger partial charge is 0.317 e. The molecule has 8 heteroatoms. The molecule has 2 saturated heterocycles. The van der Waals surface area contributed by atoms with Crippen LogP contribution in [0.15, 0.2) is 0 Å². The Morgan fingerprint density at radius 2 is 1.90 bits per heavy atom. The zero-order chi connectivity index (χ0) is 14.8. The highest BCUT2D eigenvalue weighted by Gasteiger charge is 2.35. The fourth-order valence-corrected chi connectivity index (χ4v) is 4.52. The van der Waals surface area contributed by atoms with Crippen molar-refractivity contribution >= 4 is 21.7 Å². The quantitative estimate of drug-likeness (QED) is 0.721. The summed E-state index contributed by atoms with van der Waals surface area (Å²) in [6.45, 7) is 2.21. The maximum Gasteiger partial charge on any atom is 0.317 e. The molecule has 2 rings (SSSR count). The normalized spacial score (nSPS) is 27.2. The van der Waals surface area contributed by atoms with Crippen LogP contribution in [-0.4, -0.2) is 79.4 Å². The number of carbonyl (C=O) groups is 2. The number of hydrogen-bond donors (Lipinski definition) is 1. The zero-order valence-corrected chi connectivity index (χ0v) is 12.1. The summed E-state index contributed by atoms with van der Waals surface area (Å²) in [7, 11) is -3.05. The molecule has 20 heavy (non-hydrogen) atoms. The van der Waals surface area contributed by atoms with Gasteiger partial charge in [-0.15, -0.1) is 0 Å². The van der Waals surface area contributed by atoms with Crippen molar-refractivity contribution in [3.05, 3.63) is 0 Å². The van der Waals surface area contributed by atoms with Crippen LogP contribution in [0.3, 0.4) is 0 Å². The SMILES string of the molecule is O=C(O)CN1CCCN(C(=O)C2CCS(=O)(=O)C2)CC1. The van der Waals surface area contributed by atoms with Gasteiger partial charge >= 0.3 is 5.97 Å². The van der Waals surface area contributed by atoms with Gasteiger partial charge in [0.05, 0.1) is 24.0 Å². The van der Waals surface area contributed by atoms with Gasteiger partial charge in [-0.05, 0) is 12.8 Å². The third kappa shape index (κ3) is 3.92. The predicted octanol–water partition coefficient (Wildman–Crippen LogP) is -0.960. The van der Waals surface area contributed by atoms with Gasteiger partial charge < -0.3 is 10.0 Å². The zero-order valence-electron chi connectivity index (χ0n) is 11.3. The molecule has 0 aromatic heterocycles. The number of rotatable bonds is 3. The molecular formula is C12H20N2O5S. The lowest BCUT2D eigenvalue weighted by Crippen LogP contribution is -2.40. The number of aliphatic carboxylic acids is 1. The lowest BCUT2D eigenvalue weighted by atomic mass is 10.1. The molecule has 0 aliphatic carbocycles. The lowest BCUT2D eigenvalue weighted by Gasteiger charge is -2.23. The van der Waals surface area contributed by atoms with E-state index in [1.54, 1.807) is 9.80 Å². The van der Waals surface area contributed by atoms with Gasteiger partial charge in [-0.25, -0.2) is 8.42 Å². The summed E-state index contributed by atoms with van der Waals surface area (Å²) in [6.07, 6.45) is 1.13. The second-order valence-electron chi connectivity index (χ2n) is 5.45. The van der Waals surface area contributed by atoms with Crippen LogP contribution in [0, 0.1) is 5.92 Å². The minimum Gasteiger partial charge on any atom is -0.480 e. The van der Waals surface area contributed by atoms with Crippen LogP contribution in [0.5, 0.6) is 0 Å². The summed E-state index contributed by atoms with van der Waals surface area (Å²) in [5.74, 6) is -1.32. The average Bonchev–Trinajstić information content (AvgIpc) is 2.58. The summed E-state index contributed by atoms with van der Waals surface area (Å²) >= 11 is 0. The van der Waals surface area contributed by atoms with Gasteiger partial charge in [-0.1, -0.05) is 0 Å². The molecule has 0 saturated carbocycles. The molecule has 2 heterocycles. The van der Waals surface area contributed by atoms with Gasteiger partial charge in [0.2, 0.25) is 5.91 Å². The molecule has 0 bridgehead atoms. The Kier molecular flexibility index (Phi) is 4.64. The fourth-order valence-electron chi connectivity index (χ4n) is 2.79. The first-order valence-corrected chi connectivity index (χ1v) is 8.63. The second kappa shape index (κ2) is 6.09. The van der Waals surface area contributed by atoms with Crippen molar-refractivity contribution in [1.29, 1.82) is 0 Å². The number of nitrogens with zero attached hydrogens (tertiary/aromatic N) is 2. The van der Waals surface area contributed by atoms with Gasteiger partial charge in [-0.3, -0.25) is 14.5 Å². The van der Waals surface area contributed by atoms with Crippen LogP contribution >= 0.6 is 0 Å². The maximum atomic E-state index is 12.3. The van der Waals surface area contributed by atoms with Crippen LogP contribution in [0.1, 0.15) is 12.8 Å². The van der Waals surface area contributed by atoms with E-state index in [2.05, 4.69) is 0 Å². The average molecular weight is 304 g/mol. The summed E-state index contributed by atoms with van der Waals surface area (Å²) < 4.78 is 22.9. The van der Waals surface area contributed by atoms with Crippen LogP contribution < -0.4 is 0 Å². The molecule has 2 fully saturated rings. The van der Waals surface area contributed by atoms with Crippen molar-refractivity contribution in [2.24, 2.45) is 5.92 Å². The van der Waals surface area contributed by atoms with Gasteiger partial charge in [0.15, 0.2) is 9.84 Å². The number of amides is 1. The minimum absolute atomic E-state index is 0.0140. The Hall–Kier alpha value is -1.15. The summed E-state index contributed by atoms with van der Waals surface area (Å²) in [6, 6.07) is 0. The Bertz CT molecular complexity index is 490. The van der Waals surface area contributed by atoms with E-state index in [9.17, 15) is 18.0 Å². The van der Waals surface area contributed by atoms with Crippen LogP contribution in [0.2, 0.25) is 0 Å². The lowest BCUT2D eigenvalue weighted by molar-refractivity contribution is -0.138. The Balaban J connectivity index is 1.90. The standard InChI is InChI=1S/C12H20N2O5S/c15-11(16)8-13-3-1-4-14(6-5-13)12(17)10-2-7-20(18,19)9-10/h10H,1-9H2,(H,15,16). The molecule has 114 valence electrons.